The monoisotopic (exact) mass is 417 g/mol. The molecule has 0 saturated carbocycles. The molecule has 0 unspecified atom stereocenters. The van der Waals surface area contributed by atoms with Crippen LogP contribution < -0.4 is 14.8 Å². The summed E-state index contributed by atoms with van der Waals surface area (Å²) in [5, 5.41) is 3.40. The first-order valence-corrected chi connectivity index (χ1v) is 9.37. The number of alkyl halides is 3. The fourth-order valence-electron chi connectivity index (χ4n) is 2.72. The Hall–Kier alpha value is -2.22. The van der Waals surface area contributed by atoms with Crippen molar-refractivity contribution < 1.29 is 22.6 Å². The van der Waals surface area contributed by atoms with E-state index < -0.39 is 12.1 Å². The molecule has 0 amide bonds. The van der Waals surface area contributed by atoms with Crippen LogP contribution >= 0.6 is 11.6 Å². The summed E-state index contributed by atoms with van der Waals surface area (Å²) in [6.07, 6.45) is -2.40. The number of hydrogen-bond acceptors (Lipinski definition) is 5. The van der Waals surface area contributed by atoms with E-state index in [1.807, 2.05) is 6.92 Å². The van der Waals surface area contributed by atoms with E-state index >= 15 is 0 Å². The highest BCUT2D eigenvalue weighted by molar-refractivity contribution is 6.33. The van der Waals surface area contributed by atoms with Crippen LogP contribution in [-0.4, -0.2) is 29.5 Å². The molecule has 0 bridgehead atoms. The minimum atomic E-state index is -4.79. The number of methoxy groups -OCH3 is 1. The van der Waals surface area contributed by atoms with Crippen LogP contribution in [0, 0.1) is 0 Å². The Morgan fingerprint density at radius 1 is 1.14 bits per heavy atom. The van der Waals surface area contributed by atoms with Gasteiger partial charge in [0.2, 0.25) is 0 Å². The number of aryl methyl sites for hydroxylation is 1. The number of ether oxygens (including phenoxy) is 2. The van der Waals surface area contributed by atoms with Gasteiger partial charge in [0.1, 0.15) is 5.75 Å². The first-order chi connectivity index (χ1) is 13.2. The van der Waals surface area contributed by atoms with Gasteiger partial charge >= 0.3 is 6.36 Å². The molecule has 9 heteroatoms. The van der Waals surface area contributed by atoms with Crippen LogP contribution in [0.15, 0.2) is 18.2 Å². The molecule has 0 aliphatic carbocycles. The van der Waals surface area contributed by atoms with Gasteiger partial charge in [0.05, 0.1) is 23.5 Å². The van der Waals surface area contributed by atoms with Crippen LogP contribution in [0.1, 0.15) is 39.3 Å². The van der Waals surface area contributed by atoms with Gasteiger partial charge in [-0.1, -0.05) is 32.4 Å². The van der Waals surface area contributed by atoms with Crippen LogP contribution in [0.4, 0.5) is 19.0 Å². The van der Waals surface area contributed by atoms with Gasteiger partial charge in [-0.15, -0.1) is 13.2 Å². The number of nitrogens with one attached hydrogen (secondary N) is 1. The molecule has 0 radical (unpaired) electrons. The van der Waals surface area contributed by atoms with Crippen molar-refractivity contribution in [1.82, 2.24) is 9.97 Å². The van der Waals surface area contributed by atoms with Crippen LogP contribution in [0.5, 0.6) is 11.6 Å². The Bertz CT molecular complexity index is 812. The predicted octanol–water partition coefficient (Wildman–Crippen LogP) is 5.87. The Balaban J connectivity index is 2.47. The Morgan fingerprint density at radius 3 is 2.32 bits per heavy atom. The molecule has 5 nitrogen and oxygen atoms in total. The van der Waals surface area contributed by atoms with Crippen molar-refractivity contribution in [2.75, 3.05) is 12.4 Å². The van der Waals surface area contributed by atoms with E-state index in [4.69, 9.17) is 16.3 Å². The van der Waals surface area contributed by atoms with Gasteiger partial charge in [-0.3, -0.25) is 0 Å². The Kier molecular flexibility index (Phi) is 7.35. The normalized spacial score (nSPS) is 11.6. The summed E-state index contributed by atoms with van der Waals surface area (Å²) in [5.41, 5.74) is 1.56. The summed E-state index contributed by atoms with van der Waals surface area (Å²) in [4.78, 5) is 9.15. The topological polar surface area (TPSA) is 56.3 Å². The second-order valence-corrected chi connectivity index (χ2v) is 6.48. The fourth-order valence-corrected chi connectivity index (χ4v) is 2.98. The number of hydrogen-bond donors (Lipinski definition) is 1. The van der Waals surface area contributed by atoms with E-state index in [-0.39, 0.29) is 11.1 Å². The average Bonchev–Trinajstić information content (AvgIpc) is 2.64. The molecule has 28 heavy (non-hydrogen) atoms. The molecule has 1 aromatic carbocycles. The van der Waals surface area contributed by atoms with Gasteiger partial charge in [-0.25, -0.2) is 9.97 Å². The quantitative estimate of drug-likeness (QED) is 0.582. The lowest BCUT2D eigenvalue weighted by Crippen LogP contribution is -2.19. The van der Waals surface area contributed by atoms with Crippen molar-refractivity contribution >= 4 is 17.4 Å². The van der Waals surface area contributed by atoms with E-state index in [0.717, 1.165) is 18.9 Å². The maximum absolute atomic E-state index is 12.4. The highest BCUT2D eigenvalue weighted by Crippen LogP contribution is 2.36. The zero-order valence-corrected chi connectivity index (χ0v) is 16.9. The van der Waals surface area contributed by atoms with Gasteiger partial charge in [0.15, 0.2) is 5.82 Å². The van der Waals surface area contributed by atoms with Crippen molar-refractivity contribution in [2.24, 2.45) is 0 Å². The van der Waals surface area contributed by atoms with Crippen LogP contribution in [0.3, 0.4) is 0 Å². The Morgan fingerprint density at radius 2 is 1.82 bits per heavy atom. The number of aromatic nitrogens is 2. The molecule has 0 saturated heterocycles. The van der Waals surface area contributed by atoms with Gasteiger partial charge in [0.25, 0.3) is 5.88 Å². The molecule has 0 fully saturated rings. The van der Waals surface area contributed by atoms with E-state index in [1.54, 1.807) is 0 Å². The zero-order valence-electron chi connectivity index (χ0n) is 16.2. The lowest BCUT2D eigenvalue weighted by atomic mass is 10.1. The largest absolute Gasteiger partial charge is 0.573 e. The molecular formula is C19H23ClF3N3O2. The maximum Gasteiger partial charge on any atom is 0.573 e. The number of anilines is 1. The second kappa shape index (κ2) is 9.32. The minimum absolute atomic E-state index is 0.0773. The lowest BCUT2D eigenvalue weighted by molar-refractivity contribution is -0.274. The third-order valence-corrected chi connectivity index (χ3v) is 4.53. The molecular weight excluding hydrogens is 395 g/mol. The van der Waals surface area contributed by atoms with Crippen molar-refractivity contribution in [1.29, 1.82) is 0 Å². The summed E-state index contributed by atoms with van der Waals surface area (Å²) in [5.74, 6) is 0.432. The van der Waals surface area contributed by atoms with Gasteiger partial charge in [-0.2, -0.15) is 0 Å². The SMILES string of the molecule is CCc1nc(NC(CC)CC)c(OC)nc1-c1ccc(OC(F)(F)F)cc1Cl. The standard InChI is InChI=1S/C19H23ClF3N3O2/c1-5-11(6-2)24-17-18(27-4)26-16(15(7-3)25-17)13-9-8-12(10-14(13)20)28-19(21,22)23/h8-11H,5-7H2,1-4H3,(H,24,25). The Labute approximate surface area is 167 Å². The molecule has 0 atom stereocenters. The highest BCUT2D eigenvalue weighted by atomic mass is 35.5. The zero-order chi connectivity index (χ0) is 20.9. The summed E-state index contributed by atoms with van der Waals surface area (Å²) in [6.45, 7) is 6.05. The van der Waals surface area contributed by atoms with Crippen molar-refractivity contribution in [2.45, 2.75) is 52.4 Å². The first kappa shape index (κ1) is 22.1. The van der Waals surface area contributed by atoms with Crippen LogP contribution in [0.25, 0.3) is 11.3 Å². The van der Waals surface area contributed by atoms with Crippen LogP contribution in [-0.2, 0) is 6.42 Å². The molecule has 1 aromatic heterocycles. The number of nitrogens with zero attached hydrogens (tertiary/aromatic N) is 2. The third-order valence-electron chi connectivity index (χ3n) is 4.22. The summed E-state index contributed by atoms with van der Waals surface area (Å²) >= 11 is 6.21. The lowest BCUT2D eigenvalue weighted by Gasteiger charge is -2.19. The molecule has 154 valence electrons. The van der Waals surface area contributed by atoms with E-state index in [0.29, 0.717) is 35.1 Å². The third kappa shape index (κ3) is 5.41. The first-order valence-electron chi connectivity index (χ1n) is 8.99. The van der Waals surface area contributed by atoms with Crippen molar-refractivity contribution in [3.8, 4) is 22.9 Å². The number of halogens is 4. The summed E-state index contributed by atoms with van der Waals surface area (Å²) in [6, 6.07) is 3.95. The molecule has 2 aromatic rings. The molecule has 1 heterocycles. The van der Waals surface area contributed by atoms with Crippen molar-refractivity contribution in [3.05, 3.63) is 28.9 Å². The highest BCUT2D eigenvalue weighted by Gasteiger charge is 2.31. The van der Waals surface area contributed by atoms with Crippen LogP contribution in [0.2, 0.25) is 5.02 Å². The number of benzene rings is 1. The molecule has 1 N–H and O–H groups in total. The molecule has 0 aliphatic rings. The van der Waals surface area contributed by atoms with Gasteiger partial charge in [0, 0.05) is 11.6 Å². The number of rotatable bonds is 8. The molecule has 0 aliphatic heterocycles. The van der Waals surface area contributed by atoms with Gasteiger partial charge in [-0.05, 0) is 37.5 Å². The molecule has 0 spiro atoms. The fraction of sp³-hybridized carbons (Fsp3) is 0.474. The summed E-state index contributed by atoms with van der Waals surface area (Å²) < 4.78 is 46.5. The molecule has 2 rings (SSSR count). The van der Waals surface area contributed by atoms with E-state index in [2.05, 4.69) is 33.9 Å². The average molecular weight is 418 g/mol. The van der Waals surface area contributed by atoms with Gasteiger partial charge < -0.3 is 14.8 Å². The van der Waals surface area contributed by atoms with Crippen molar-refractivity contribution in [3.63, 3.8) is 0 Å². The smallest absolute Gasteiger partial charge is 0.478 e. The predicted molar refractivity (Wildman–Crippen MR) is 103 cm³/mol. The second-order valence-electron chi connectivity index (χ2n) is 6.08. The summed E-state index contributed by atoms with van der Waals surface area (Å²) in [7, 11) is 1.49. The van der Waals surface area contributed by atoms with E-state index in [9.17, 15) is 13.2 Å². The van der Waals surface area contributed by atoms with E-state index in [1.165, 1.54) is 19.2 Å². The maximum atomic E-state index is 12.4. The minimum Gasteiger partial charge on any atom is -0.478 e.